The van der Waals surface area contributed by atoms with E-state index in [4.69, 9.17) is 9.47 Å². The number of hydrogen-bond donors (Lipinski definition) is 1. The number of hydrogen-bond acceptors (Lipinski definition) is 5. The molecule has 1 aromatic rings. The summed E-state index contributed by atoms with van der Waals surface area (Å²) in [6, 6.07) is 7.82. The van der Waals surface area contributed by atoms with Crippen molar-refractivity contribution in [3.8, 4) is 0 Å². The quantitative estimate of drug-likeness (QED) is 0.713. The van der Waals surface area contributed by atoms with E-state index in [0.29, 0.717) is 17.4 Å². The molecule has 4 rings (SSSR count). The van der Waals surface area contributed by atoms with Gasteiger partial charge in [0.25, 0.3) is 0 Å². The molecule has 29 heavy (non-hydrogen) atoms. The molecule has 1 amide bonds. The molecule has 1 saturated heterocycles. The van der Waals surface area contributed by atoms with Crippen molar-refractivity contribution in [2.75, 3.05) is 26.8 Å². The van der Waals surface area contributed by atoms with E-state index in [-0.39, 0.29) is 24.0 Å². The third-order valence-corrected chi connectivity index (χ3v) is 6.61. The lowest BCUT2D eigenvalue weighted by molar-refractivity contribution is -0.122. The van der Waals surface area contributed by atoms with Gasteiger partial charge in [0, 0.05) is 33.2 Å². The Bertz CT molecular complexity index is 731. The molecule has 6 nitrogen and oxygen atoms in total. The first-order valence-corrected chi connectivity index (χ1v) is 10.8. The summed E-state index contributed by atoms with van der Waals surface area (Å²) in [5, 5.41) is 3.15. The molecule has 3 aliphatic rings. The van der Waals surface area contributed by atoms with Crippen LogP contribution in [0.5, 0.6) is 0 Å². The second-order valence-corrected chi connectivity index (χ2v) is 9.00. The van der Waals surface area contributed by atoms with Gasteiger partial charge in [0.2, 0.25) is 5.91 Å². The second kappa shape index (κ2) is 8.84. The third-order valence-electron chi connectivity index (χ3n) is 6.61. The SMILES string of the molecule is COC(=O)c1ccc(CN2C[C@H]3C[C@@H](NC(C)=O)[C@H](OCC4CC4)C[C@H]3C2)cc1. The highest BCUT2D eigenvalue weighted by Crippen LogP contribution is 2.39. The molecule has 1 heterocycles. The molecule has 0 unspecified atom stereocenters. The van der Waals surface area contributed by atoms with Crippen molar-refractivity contribution in [3.63, 3.8) is 0 Å². The van der Waals surface area contributed by atoms with Crippen molar-refractivity contribution >= 4 is 11.9 Å². The summed E-state index contributed by atoms with van der Waals surface area (Å²) in [7, 11) is 1.40. The smallest absolute Gasteiger partial charge is 0.337 e. The molecule has 3 fully saturated rings. The van der Waals surface area contributed by atoms with Crippen molar-refractivity contribution in [2.24, 2.45) is 17.8 Å². The van der Waals surface area contributed by atoms with Gasteiger partial charge in [-0.1, -0.05) is 12.1 Å². The summed E-state index contributed by atoms with van der Waals surface area (Å²) in [5.74, 6) is 1.69. The van der Waals surface area contributed by atoms with Gasteiger partial charge in [-0.05, 0) is 61.1 Å². The average Bonchev–Trinajstić information content (AvgIpc) is 3.45. The fraction of sp³-hybridized carbons (Fsp3) is 0.652. The van der Waals surface area contributed by atoms with Crippen molar-refractivity contribution < 1.29 is 19.1 Å². The molecule has 0 spiro atoms. The maximum Gasteiger partial charge on any atom is 0.337 e. The predicted molar refractivity (Wildman–Crippen MR) is 109 cm³/mol. The molecule has 6 heteroatoms. The molecular formula is C23H32N2O4. The molecule has 0 bridgehead atoms. The maximum atomic E-state index is 11.7. The van der Waals surface area contributed by atoms with Gasteiger partial charge in [-0.25, -0.2) is 4.79 Å². The summed E-state index contributed by atoms with van der Waals surface area (Å²) in [6.07, 6.45) is 4.73. The Kier molecular flexibility index (Phi) is 6.20. The number of fused-ring (bicyclic) bond motifs is 1. The number of carbonyl (C=O) groups is 2. The summed E-state index contributed by atoms with van der Waals surface area (Å²) in [6.45, 7) is 5.44. The van der Waals surface area contributed by atoms with Crippen LogP contribution in [0.1, 0.15) is 48.5 Å². The van der Waals surface area contributed by atoms with Crippen molar-refractivity contribution in [1.29, 1.82) is 0 Å². The van der Waals surface area contributed by atoms with Crippen LogP contribution in [0.4, 0.5) is 0 Å². The average molecular weight is 401 g/mol. The molecule has 0 aromatic heterocycles. The Morgan fingerprint density at radius 3 is 2.41 bits per heavy atom. The molecule has 4 atom stereocenters. The van der Waals surface area contributed by atoms with Crippen molar-refractivity contribution in [1.82, 2.24) is 10.2 Å². The van der Waals surface area contributed by atoms with E-state index in [0.717, 1.165) is 45.0 Å². The van der Waals surface area contributed by atoms with Gasteiger partial charge in [-0.3, -0.25) is 9.69 Å². The first-order valence-electron chi connectivity index (χ1n) is 10.8. The maximum absolute atomic E-state index is 11.7. The van der Waals surface area contributed by atoms with Crippen LogP contribution < -0.4 is 5.32 Å². The van der Waals surface area contributed by atoms with Crippen LogP contribution in [0.3, 0.4) is 0 Å². The minimum atomic E-state index is -0.301. The van der Waals surface area contributed by atoms with E-state index < -0.39 is 0 Å². The van der Waals surface area contributed by atoms with Crippen LogP contribution in [0.15, 0.2) is 24.3 Å². The molecule has 158 valence electrons. The third kappa shape index (κ3) is 5.17. The van der Waals surface area contributed by atoms with Crippen LogP contribution in [-0.4, -0.2) is 55.7 Å². The summed E-state index contributed by atoms with van der Waals surface area (Å²) >= 11 is 0. The van der Waals surface area contributed by atoms with E-state index in [2.05, 4.69) is 10.2 Å². The minimum absolute atomic E-state index is 0.0361. The highest BCUT2D eigenvalue weighted by atomic mass is 16.5. The lowest BCUT2D eigenvalue weighted by Crippen LogP contribution is -2.50. The molecule has 1 aliphatic heterocycles. The minimum Gasteiger partial charge on any atom is -0.465 e. The number of nitrogens with one attached hydrogen (secondary N) is 1. The number of esters is 1. The zero-order valence-electron chi connectivity index (χ0n) is 17.4. The van der Waals surface area contributed by atoms with Gasteiger partial charge in [0.05, 0.1) is 24.8 Å². The van der Waals surface area contributed by atoms with E-state index in [1.807, 2.05) is 24.3 Å². The first kappa shape index (κ1) is 20.4. The molecule has 2 aliphatic carbocycles. The number of benzene rings is 1. The van der Waals surface area contributed by atoms with Crippen LogP contribution in [0, 0.1) is 17.8 Å². The van der Waals surface area contributed by atoms with E-state index >= 15 is 0 Å². The Labute approximate surface area is 172 Å². The summed E-state index contributed by atoms with van der Waals surface area (Å²) in [4.78, 5) is 25.8. The fourth-order valence-electron chi connectivity index (χ4n) is 4.90. The summed E-state index contributed by atoms with van der Waals surface area (Å²) in [5.41, 5.74) is 1.79. The van der Waals surface area contributed by atoms with E-state index in [9.17, 15) is 9.59 Å². The van der Waals surface area contributed by atoms with Gasteiger partial charge < -0.3 is 14.8 Å². The van der Waals surface area contributed by atoms with E-state index in [1.165, 1.54) is 25.5 Å². The van der Waals surface area contributed by atoms with Gasteiger partial charge in [0.15, 0.2) is 0 Å². The van der Waals surface area contributed by atoms with Gasteiger partial charge in [-0.15, -0.1) is 0 Å². The molecule has 1 aromatic carbocycles. The van der Waals surface area contributed by atoms with Crippen LogP contribution in [0.2, 0.25) is 0 Å². The Hall–Kier alpha value is -1.92. The molecule has 0 radical (unpaired) electrons. The van der Waals surface area contributed by atoms with Gasteiger partial charge in [0.1, 0.15) is 0 Å². The number of carbonyl (C=O) groups excluding carboxylic acids is 2. The molecule has 1 N–H and O–H groups in total. The molecular weight excluding hydrogens is 368 g/mol. The highest BCUT2D eigenvalue weighted by Gasteiger charge is 2.43. The standard InChI is InChI=1S/C23H32N2O4/c1-15(26)24-21-9-19-12-25(11-16-5-7-18(8-6-16)23(27)28-2)13-20(19)10-22(21)29-14-17-3-4-17/h5-8,17,19-22H,3-4,9-14H2,1-2H3,(H,24,26)/t19-,20+,21-,22-/m1/s1. The van der Waals surface area contributed by atoms with Gasteiger partial charge >= 0.3 is 5.97 Å². The van der Waals surface area contributed by atoms with Crippen LogP contribution >= 0.6 is 0 Å². The number of rotatable bonds is 7. The van der Waals surface area contributed by atoms with Crippen molar-refractivity contribution in [2.45, 2.75) is 51.3 Å². The number of ether oxygens (including phenoxy) is 2. The zero-order valence-corrected chi connectivity index (χ0v) is 17.4. The largest absolute Gasteiger partial charge is 0.465 e. The Morgan fingerprint density at radius 1 is 1.10 bits per heavy atom. The highest BCUT2D eigenvalue weighted by molar-refractivity contribution is 5.89. The number of amides is 1. The Morgan fingerprint density at radius 2 is 1.79 bits per heavy atom. The lowest BCUT2D eigenvalue weighted by Gasteiger charge is -2.38. The first-order chi connectivity index (χ1) is 14.0. The van der Waals surface area contributed by atoms with Gasteiger partial charge in [-0.2, -0.15) is 0 Å². The van der Waals surface area contributed by atoms with E-state index in [1.54, 1.807) is 6.92 Å². The molecule has 2 saturated carbocycles. The number of likely N-dealkylation sites (tertiary alicyclic amines) is 1. The predicted octanol–water partition coefficient (Wildman–Crippen LogP) is 2.61. The topological polar surface area (TPSA) is 67.9 Å². The van der Waals surface area contributed by atoms with Crippen LogP contribution in [-0.2, 0) is 20.8 Å². The normalized spacial score (nSPS) is 29.3. The van der Waals surface area contributed by atoms with Crippen LogP contribution in [0.25, 0.3) is 0 Å². The zero-order chi connectivity index (χ0) is 20.4. The second-order valence-electron chi connectivity index (χ2n) is 9.00. The monoisotopic (exact) mass is 400 g/mol. The van der Waals surface area contributed by atoms with Crippen molar-refractivity contribution in [3.05, 3.63) is 35.4 Å². The number of nitrogens with zero attached hydrogens (tertiary/aromatic N) is 1. The lowest BCUT2D eigenvalue weighted by atomic mass is 9.77. The fourth-order valence-corrected chi connectivity index (χ4v) is 4.90. The number of methoxy groups -OCH3 is 1. The Balaban J connectivity index is 1.35. The summed E-state index contributed by atoms with van der Waals surface area (Å²) < 4.78 is 11.0.